The quantitative estimate of drug-likeness (QED) is 0.448. The van der Waals surface area contributed by atoms with Gasteiger partial charge in [-0.2, -0.15) is 0 Å². The molecule has 4 nitrogen and oxygen atoms in total. The second kappa shape index (κ2) is 3.69. The van der Waals surface area contributed by atoms with Crippen LogP contribution in [-0.2, 0) is 4.79 Å². The summed E-state index contributed by atoms with van der Waals surface area (Å²) in [5.74, 6) is -0.271. The van der Waals surface area contributed by atoms with Crippen LogP contribution < -0.4 is 16.4 Å². The monoisotopic (exact) mass is 157 g/mol. The minimum absolute atomic E-state index is 0.148. The van der Waals surface area contributed by atoms with E-state index >= 15 is 0 Å². The van der Waals surface area contributed by atoms with Crippen molar-refractivity contribution in [1.82, 2.24) is 10.6 Å². The summed E-state index contributed by atoms with van der Waals surface area (Å²) < 4.78 is 0. The van der Waals surface area contributed by atoms with E-state index in [0.717, 1.165) is 19.5 Å². The van der Waals surface area contributed by atoms with E-state index in [2.05, 4.69) is 10.6 Å². The van der Waals surface area contributed by atoms with E-state index in [-0.39, 0.29) is 18.0 Å². The number of rotatable bonds is 1. The van der Waals surface area contributed by atoms with Crippen LogP contribution in [0.3, 0.4) is 0 Å². The van der Waals surface area contributed by atoms with Crippen LogP contribution >= 0.6 is 0 Å². The maximum Gasteiger partial charge on any atom is 0.236 e. The van der Waals surface area contributed by atoms with Crippen molar-refractivity contribution in [3.63, 3.8) is 0 Å². The number of hydrogen-bond acceptors (Lipinski definition) is 3. The standard InChI is InChI=1S/C7H15N3O/c1-5-6(7(8)11)10-4-2-3-9-5/h5-6,9-10H,2-4H2,1H3,(H2,8,11). The summed E-state index contributed by atoms with van der Waals surface area (Å²) in [7, 11) is 0. The maximum atomic E-state index is 10.8. The second-order valence-electron chi connectivity index (χ2n) is 2.93. The Morgan fingerprint density at radius 2 is 2.09 bits per heavy atom. The molecule has 2 unspecified atom stereocenters. The van der Waals surface area contributed by atoms with Crippen LogP contribution in [0.1, 0.15) is 13.3 Å². The third-order valence-electron chi connectivity index (χ3n) is 1.99. The van der Waals surface area contributed by atoms with E-state index in [4.69, 9.17) is 5.73 Å². The van der Waals surface area contributed by atoms with Gasteiger partial charge in [0.1, 0.15) is 6.04 Å². The number of amides is 1. The molecule has 1 aliphatic rings. The zero-order valence-corrected chi connectivity index (χ0v) is 6.76. The van der Waals surface area contributed by atoms with Crippen LogP contribution in [0.25, 0.3) is 0 Å². The van der Waals surface area contributed by atoms with E-state index in [1.165, 1.54) is 0 Å². The lowest BCUT2D eigenvalue weighted by Crippen LogP contribution is -2.51. The van der Waals surface area contributed by atoms with Crippen LogP contribution in [0.5, 0.6) is 0 Å². The van der Waals surface area contributed by atoms with Crippen molar-refractivity contribution in [3.05, 3.63) is 0 Å². The summed E-state index contributed by atoms with van der Waals surface area (Å²) >= 11 is 0. The summed E-state index contributed by atoms with van der Waals surface area (Å²) in [6.07, 6.45) is 1.05. The Morgan fingerprint density at radius 1 is 1.45 bits per heavy atom. The molecule has 0 bridgehead atoms. The molecule has 1 fully saturated rings. The lowest BCUT2D eigenvalue weighted by atomic mass is 10.1. The first-order chi connectivity index (χ1) is 5.22. The molecular weight excluding hydrogens is 142 g/mol. The largest absolute Gasteiger partial charge is 0.368 e. The molecule has 4 heteroatoms. The van der Waals surface area contributed by atoms with E-state index < -0.39 is 0 Å². The molecule has 0 aromatic carbocycles. The molecule has 11 heavy (non-hydrogen) atoms. The SMILES string of the molecule is CC1NCCCNC1C(N)=O. The molecule has 2 atom stereocenters. The predicted molar refractivity (Wildman–Crippen MR) is 43.1 cm³/mol. The number of hydrogen-bond donors (Lipinski definition) is 3. The lowest BCUT2D eigenvalue weighted by Gasteiger charge is -2.18. The van der Waals surface area contributed by atoms with Gasteiger partial charge in [-0.15, -0.1) is 0 Å². The average molecular weight is 157 g/mol. The first kappa shape index (κ1) is 8.49. The van der Waals surface area contributed by atoms with Crippen molar-refractivity contribution in [3.8, 4) is 0 Å². The van der Waals surface area contributed by atoms with Crippen LogP contribution in [0.2, 0.25) is 0 Å². The molecule has 1 amide bonds. The first-order valence-corrected chi connectivity index (χ1v) is 3.98. The van der Waals surface area contributed by atoms with Gasteiger partial charge in [0.15, 0.2) is 0 Å². The number of primary amides is 1. The predicted octanol–water partition coefficient (Wildman–Crippen LogP) is -1.19. The van der Waals surface area contributed by atoms with Gasteiger partial charge in [-0.25, -0.2) is 0 Å². The Bertz CT molecular complexity index is 149. The molecule has 1 rings (SSSR count). The van der Waals surface area contributed by atoms with Gasteiger partial charge in [0, 0.05) is 6.04 Å². The molecule has 0 aromatic heterocycles. The number of nitrogens with one attached hydrogen (secondary N) is 2. The van der Waals surface area contributed by atoms with E-state index in [0.29, 0.717) is 0 Å². The molecule has 0 spiro atoms. The molecular formula is C7H15N3O. The summed E-state index contributed by atoms with van der Waals surface area (Å²) in [6.45, 7) is 3.79. The van der Waals surface area contributed by atoms with Gasteiger partial charge in [0.2, 0.25) is 5.91 Å². The first-order valence-electron chi connectivity index (χ1n) is 3.98. The highest BCUT2D eigenvalue weighted by molar-refractivity contribution is 5.80. The van der Waals surface area contributed by atoms with Gasteiger partial charge >= 0.3 is 0 Å². The van der Waals surface area contributed by atoms with E-state index in [1.54, 1.807) is 0 Å². The Labute approximate surface area is 66.5 Å². The van der Waals surface area contributed by atoms with Crippen LogP contribution in [0.4, 0.5) is 0 Å². The Kier molecular flexibility index (Phi) is 2.84. The maximum absolute atomic E-state index is 10.8. The molecule has 1 saturated heterocycles. The van der Waals surface area contributed by atoms with Crippen molar-refractivity contribution in [1.29, 1.82) is 0 Å². The molecule has 0 radical (unpaired) electrons. The van der Waals surface area contributed by atoms with Crippen LogP contribution in [0, 0.1) is 0 Å². The summed E-state index contributed by atoms with van der Waals surface area (Å²) in [6, 6.07) is -0.0625. The van der Waals surface area contributed by atoms with Crippen LogP contribution in [0.15, 0.2) is 0 Å². The van der Waals surface area contributed by atoms with Crippen molar-refractivity contribution < 1.29 is 4.79 Å². The molecule has 1 aliphatic heterocycles. The normalized spacial score (nSPS) is 32.8. The fourth-order valence-electron chi connectivity index (χ4n) is 1.32. The number of carbonyl (C=O) groups is 1. The smallest absolute Gasteiger partial charge is 0.236 e. The average Bonchev–Trinajstić information content (AvgIpc) is 2.13. The van der Waals surface area contributed by atoms with Crippen molar-refractivity contribution >= 4 is 5.91 Å². The molecule has 4 N–H and O–H groups in total. The van der Waals surface area contributed by atoms with Gasteiger partial charge in [-0.1, -0.05) is 0 Å². The molecule has 0 aliphatic carbocycles. The third kappa shape index (κ3) is 2.17. The summed E-state index contributed by atoms with van der Waals surface area (Å²) in [5.41, 5.74) is 5.19. The zero-order chi connectivity index (χ0) is 8.27. The lowest BCUT2D eigenvalue weighted by molar-refractivity contribution is -0.120. The molecule has 64 valence electrons. The molecule has 0 aromatic rings. The minimum Gasteiger partial charge on any atom is -0.368 e. The summed E-state index contributed by atoms with van der Waals surface area (Å²) in [5, 5.41) is 6.31. The fraction of sp³-hybridized carbons (Fsp3) is 0.857. The topological polar surface area (TPSA) is 67.2 Å². The number of carbonyl (C=O) groups excluding carboxylic acids is 1. The van der Waals surface area contributed by atoms with Crippen molar-refractivity contribution in [2.24, 2.45) is 5.73 Å². The third-order valence-corrected chi connectivity index (χ3v) is 1.99. The highest BCUT2D eigenvalue weighted by Gasteiger charge is 2.23. The number of nitrogens with two attached hydrogens (primary N) is 1. The highest BCUT2D eigenvalue weighted by atomic mass is 16.1. The van der Waals surface area contributed by atoms with Crippen molar-refractivity contribution in [2.45, 2.75) is 25.4 Å². The van der Waals surface area contributed by atoms with Gasteiger partial charge in [0.25, 0.3) is 0 Å². The van der Waals surface area contributed by atoms with Crippen molar-refractivity contribution in [2.75, 3.05) is 13.1 Å². The van der Waals surface area contributed by atoms with Gasteiger partial charge < -0.3 is 16.4 Å². The molecule has 1 heterocycles. The van der Waals surface area contributed by atoms with Gasteiger partial charge in [-0.3, -0.25) is 4.79 Å². The second-order valence-corrected chi connectivity index (χ2v) is 2.93. The zero-order valence-electron chi connectivity index (χ0n) is 6.76. The summed E-state index contributed by atoms with van der Waals surface area (Å²) in [4.78, 5) is 10.8. The Balaban J connectivity index is 2.52. The fourth-order valence-corrected chi connectivity index (χ4v) is 1.32. The Morgan fingerprint density at radius 3 is 2.73 bits per heavy atom. The minimum atomic E-state index is -0.271. The van der Waals surface area contributed by atoms with Crippen LogP contribution in [-0.4, -0.2) is 31.1 Å². The van der Waals surface area contributed by atoms with Gasteiger partial charge in [0.05, 0.1) is 0 Å². The van der Waals surface area contributed by atoms with Gasteiger partial charge in [-0.05, 0) is 26.4 Å². The van der Waals surface area contributed by atoms with E-state index in [1.807, 2.05) is 6.92 Å². The molecule has 0 saturated carbocycles. The Hall–Kier alpha value is -0.610. The highest BCUT2D eigenvalue weighted by Crippen LogP contribution is 1.96. The van der Waals surface area contributed by atoms with E-state index in [9.17, 15) is 4.79 Å².